The first-order valence-corrected chi connectivity index (χ1v) is 10.8. The van der Waals surface area contributed by atoms with Crippen LogP contribution in [0, 0.1) is 5.41 Å². The first kappa shape index (κ1) is 22.2. The lowest BCUT2D eigenvalue weighted by molar-refractivity contribution is -0.124. The van der Waals surface area contributed by atoms with E-state index in [0.717, 1.165) is 0 Å². The monoisotopic (exact) mass is 444 g/mol. The van der Waals surface area contributed by atoms with Crippen molar-refractivity contribution in [3.8, 4) is 0 Å². The third kappa shape index (κ3) is 4.66. The van der Waals surface area contributed by atoms with Gasteiger partial charge >= 0.3 is 5.97 Å². The van der Waals surface area contributed by atoms with Gasteiger partial charge in [0, 0.05) is 16.8 Å². The van der Waals surface area contributed by atoms with Crippen LogP contribution < -0.4 is 10.0 Å². The standard InChI is InChI=1S/C22H21FN2O5S/c1-22(2,13-23)21(28)24-14-9-11-15(12-10-14)25-31(29,30)19-8-4-5-16-17(19)6-3-7-18(16)20(26)27/h3-12,25H,13H2,1-2H3,(H,24,28)(H,26,27). The first-order valence-electron chi connectivity index (χ1n) is 9.30. The molecule has 3 aromatic rings. The van der Waals surface area contributed by atoms with Crippen LogP contribution in [0.3, 0.4) is 0 Å². The van der Waals surface area contributed by atoms with Crippen LogP contribution >= 0.6 is 0 Å². The molecule has 162 valence electrons. The molecule has 0 aliphatic heterocycles. The lowest BCUT2D eigenvalue weighted by atomic mass is 9.94. The Morgan fingerprint density at radius 1 is 0.935 bits per heavy atom. The smallest absolute Gasteiger partial charge is 0.336 e. The van der Waals surface area contributed by atoms with E-state index < -0.39 is 34.0 Å². The van der Waals surface area contributed by atoms with Crippen molar-refractivity contribution in [2.24, 2.45) is 5.41 Å². The molecule has 9 heteroatoms. The van der Waals surface area contributed by atoms with Crippen LogP contribution in [-0.4, -0.2) is 32.1 Å². The van der Waals surface area contributed by atoms with Crippen molar-refractivity contribution < 1.29 is 27.5 Å². The molecular formula is C22H21FN2O5S. The number of anilines is 2. The number of carbonyl (C=O) groups excluding carboxylic acids is 1. The number of carbonyl (C=O) groups is 2. The van der Waals surface area contributed by atoms with Gasteiger partial charge in [0.25, 0.3) is 10.0 Å². The van der Waals surface area contributed by atoms with Crippen LogP contribution in [0.2, 0.25) is 0 Å². The Morgan fingerprint density at radius 2 is 1.52 bits per heavy atom. The van der Waals surface area contributed by atoms with Gasteiger partial charge in [0.05, 0.1) is 15.9 Å². The fourth-order valence-electron chi connectivity index (χ4n) is 2.89. The van der Waals surface area contributed by atoms with Crippen LogP contribution in [-0.2, 0) is 14.8 Å². The highest BCUT2D eigenvalue weighted by molar-refractivity contribution is 7.93. The van der Waals surface area contributed by atoms with Gasteiger partial charge in [-0.15, -0.1) is 0 Å². The largest absolute Gasteiger partial charge is 0.478 e. The van der Waals surface area contributed by atoms with Crippen molar-refractivity contribution in [2.45, 2.75) is 18.7 Å². The van der Waals surface area contributed by atoms with Crippen molar-refractivity contribution in [1.29, 1.82) is 0 Å². The summed E-state index contributed by atoms with van der Waals surface area (Å²) < 4.78 is 41.3. The molecule has 0 radical (unpaired) electrons. The normalized spacial score (nSPS) is 11.8. The van der Waals surface area contributed by atoms with E-state index in [1.807, 2.05) is 0 Å². The summed E-state index contributed by atoms with van der Waals surface area (Å²) in [6, 6.07) is 14.8. The molecule has 0 saturated carbocycles. The molecule has 0 heterocycles. The number of halogens is 1. The molecule has 0 aromatic heterocycles. The van der Waals surface area contributed by atoms with Gasteiger partial charge in [-0.05, 0) is 55.6 Å². The second-order valence-electron chi connectivity index (χ2n) is 7.62. The lowest BCUT2D eigenvalue weighted by Gasteiger charge is -2.19. The summed E-state index contributed by atoms with van der Waals surface area (Å²) in [6.45, 7) is 2.14. The zero-order valence-electron chi connectivity index (χ0n) is 16.8. The summed E-state index contributed by atoms with van der Waals surface area (Å²) in [5.74, 6) is -1.64. The second-order valence-corrected chi connectivity index (χ2v) is 9.27. The SMILES string of the molecule is CC(C)(CF)C(=O)Nc1ccc(NS(=O)(=O)c2cccc3c(C(=O)O)cccc23)cc1. The number of aromatic carboxylic acids is 1. The minimum Gasteiger partial charge on any atom is -0.478 e. The Kier molecular flexibility index (Phi) is 5.99. The summed E-state index contributed by atoms with van der Waals surface area (Å²) in [5.41, 5.74) is -0.533. The highest BCUT2D eigenvalue weighted by atomic mass is 32.2. The maximum atomic E-state index is 13.0. The maximum absolute atomic E-state index is 13.0. The summed E-state index contributed by atoms with van der Waals surface area (Å²) in [7, 11) is -4.03. The fraction of sp³-hybridized carbons (Fsp3) is 0.182. The molecule has 0 saturated heterocycles. The number of sulfonamides is 1. The predicted molar refractivity (Wildman–Crippen MR) is 117 cm³/mol. The van der Waals surface area contributed by atoms with Crippen LogP contribution in [0.5, 0.6) is 0 Å². The average Bonchev–Trinajstić information content (AvgIpc) is 2.73. The quantitative estimate of drug-likeness (QED) is 0.504. The summed E-state index contributed by atoms with van der Waals surface area (Å²) in [4.78, 5) is 23.4. The van der Waals surface area contributed by atoms with E-state index in [4.69, 9.17) is 0 Å². The molecule has 1 amide bonds. The van der Waals surface area contributed by atoms with Crippen LogP contribution in [0.4, 0.5) is 15.8 Å². The van der Waals surface area contributed by atoms with Gasteiger partial charge in [0.1, 0.15) is 6.67 Å². The molecule has 31 heavy (non-hydrogen) atoms. The van der Waals surface area contributed by atoms with Gasteiger partial charge in [0.15, 0.2) is 0 Å². The molecule has 3 rings (SSSR count). The van der Waals surface area contributed by atoms with E-state index in [-0.39, 0.29) is 21.5 Å². The Bertz CT molecular complexity index is 1250. The molecule has 0 fully saturated rings. The van der Waals surface area contributed by atoms with Crippen molar-refractivity contribution >= 4 is 44.0 Å². The van der Waals surface area contributed by atoms with Crippen LogP contribution in [0.15, 0.2) is 65.6 Å². The number of amides is 1. The molecule has 7 nitrogen and oxygen atoms in total. The van der Waals surface area contributed by atoms with Crippen molar-refractivity contribution in [3.63, 3.8) is 0 Å². The van der Waals surface area contributed by atoms with Gasteiger partial charge in [-0.2, -0.15) is 0 Å². The van der Waals surface area contributed by atoms with Crippen molar-refractivity contribution in [3.05, 3.63) is 66.2 Å². The van der Waals surface area contributed by atoms with Crippen molar-refractivity contribution in [1.82, 2.24) is 0 Å². The van der Waals surface area contributed by atoms with Gasteiger partial charge in [-0.3, -0.25) is 9.52 Å². The molecule has 3 aromatic carbocycles. The van der Waals surface area contributed by atoms with Gasteiger partial charge < -0.3 is 10.4 Å². The molecule has 0 unspecified atom stereocenters. The maximum Gasteiger partial charge on any atom is 0.336 e. The zero-order valence-corrected chi connectivity index (χ0v) is 17.7. The second kappa shape index (κ2) is 8.35. The summed E-state index contributed by atoms with van der Waals surface area (Å²) >= 11 is 0. The fourth-order valence-corrected chi connectivity index (χ4v) is 4.18. The number of benzene rings is 3. The molecule has 0 aliphatic carbocycles. The van der Waals surface area contributed by atoms with E-state index in [9.17, 15) is 27.5 Å². The highest BCUT2D eigenvalue weighted by Gasteiger charge is 2.27. The number of alkyl halides is 1. The van der Waals surface area contributed by atoms with E-state index in [1.165, 1.54) is 62.4 Å². The molecule has 0 bridgehead atoms. The molecule has 3 N–H and O–H groups in total. The van der Waals surface area contributed by atoms with E-state index in [1.54, 1.807) is 12.1 Å². The number of hydrogen-bond acceptors (Lipinski definition) is 4. The Labute approximate surface area is 179 Å². The van der Waals surface area contributed by atoms with Gasteiger partial charge in [-0.1, -0.05) is 24.3 Å². The number of hydrogen-bond donors (Lipinski definition) is 3. The Morgan fingerprint density at radius 3 is 2.13 bits per heavy atom. The van der Waals surface area contributed by atoms with Crippen molar-refractivity contribution in [2.75, 3.05) is 16.7 Å². The number of carboxylic acids is 1. The molecular weight excluding hydrogens is 423 g/mol. The molecule has 0 atom stereocenters. The number of nitrogens with one attached hydrogen (secondary N) is 2. The first-order chi connectivity index (χ1) is 14.5. The van der Waals surface area contributed by atoms with Crippen LogP contribution in [0.1, 0.15) is 24.2 Å². The molecule has 0 spiro atoms. The van der Waals surface area contributed by atoms with E-state index >= 15 is 0 Å². The minimum absolute atomic E-state index is 0.00541. The third-order valence-electron chi connectivity index (χ3n) is 4.75. The van der Waals surface area contributed by atoms with Crippen LogP contribution in [0.25, 0.3) is 10.8 Å². The topological polar surface area (TPSA) is 113 Å². The molecule has 0 aliphatic rings. The zero-order chi connectivity index (χ0) is 22.8. The lowest BCUT2D eigenvalue weighted by Crippen LogP contribution is -2.32. The van der Waals surface area contributed by atoms with Gasteiger partial charge in [-0.25, -0.2) is 17.6 Å². The van der Waals surface area contributed by atoms with E-state index in [0.29, 0.717) is 11.1 Å². The van der Waals surface area contributed by atoms with Gasteiger partial charge in [0.2, 0.25) is 5.91 Å². The third-order valence-corrected chi connectivity index (χ3v) is 6.19. The highest BCUT2D eigenvalue weighted by Crippen LogP contribution is 2.28. The van der Waals surface area contributed by atoms with E-state index in [2.05, 4.69) is 10.0 Å². The average molecular weight is 444 g/mol. The number of fused-ring (bicyclic) bond motifs is 1. The summed E-state index contributed by atoms with van der Waals surface area (Å²) in [6.07, 6.45) is 0. The summed E-state index contributed by atoms with van der Waals surface area (Å²) in [5, 5.41) is 12.5. The Hall–Kier alpha value is -3.46. The minimum atomic E-state index is -4.03. The number of carboxylic acid groups (broad SMARTS) is 1. The number of rotatable bonds is 7. The predicted octanol–water partition coefficient (Wildman–Crippen LogP) is 4.27. The Balaban J connectivity index is 1.87.